The maximum Gasteiger partial charge on any atom is 0.299 e. The van der Waals surface area contributed by atoms with Gasteiger partial charge in [0.2, 0.25) is 5.91 Å². The number of hydrogen-bond donors (Lipinski definition) is 1. The van der Waals surface area contributed by atoms with Gasteiger partial charge in [-0.1, -0.05) is 0 Å². The second-order valence-corrected chi connectivity index (χ2v) is 5.76. The van der Waals surface area contributed by atoms with Crippen molar-refractivity contribution < 1.29 is 14.6 Å². The minimum Gasteiger partial charge on any atom is -0.365 e. The summed E-state index contributed by atoms with van der Waals surface area (Å²) < 4.78 is 0. The number of carbonyl (C=O) groups excluding carboxylic acids is 1. The summed E-state index contributed by atoms with van der Waals surface area (Å²) in [4.78, 5) is 36.4. The quantitative estimate of drug-likeness (QED) is 0.602. The third-order valence-electron chi connectivity index (χ3n) is 4.04. The molecular formula is C15H21N5O5. The van der Waals surface area contributed by atoms with Gasteiger partial charge in [-0.15, -0.1) is 0 Å². The summed E-state index contributed by atoms with van der Waals surface area (Å²) >= 11 is 0. The summed E-state index contributed by atoms with van der Waals surface area (Å²) in [5.41, 5.74) is -0.204. The SMILES string of the molecule is CCNC(=O)CN1CCCN(c2ccc([N+](=O)[O-])cc2[N+](=O)[O-])CC1. The molecular weight excluding hydrogens is 330 g/mol. The number of benzene rings is 1. The molecule has 1 fully saturated rings. The van der Waals surface area contributed by atoms with Crippen molar-refractivity contribution >= 4 is 23.0 Å². The number of nitro benzene ring substituents is 2. The molecule has 1 saturated heterocycles. The zero-order chi connectivity index (χ0) is 18.4. The Morgan fingerprint density at radius 2 is 1.92 bits per heavy atom. The van der Waals surface area contributed by atoms with Crippen LogP contribution in [0.5, 0.6) is 0 Å². The highest BCUT2D eigenvalue weighted by Gasteiger charge is 2.25. The zero-order valence-electron chi connectivity index (χ0n) is 14.0. The number of rotatable bonds is 6. The van der Waals surface area contributed by atoms with Gasteiger partial charge < -0.3 is 10.2 Å². The van der Waals surface area contributed by atoms with Crippen molar-refractivity contribution in [2.75, 3.05) is 44.2 Å². The Kier molecular flexibility index (Phi) is 6.23. The number of nitrogens with zero attached hydrogens (tertiary/aromatic N) is 4. The standard InChI is InChI=1S/C15H21N5O5/c1-2-16-15(21)11-17-6-3-7-18(9-8-17)13-5-4-12(19(22)23)10-14(13)20(24)25/h4-5,10H,2-3,6-9,11H2,1H3,(H,16,21). The molecule has 0 radical (unpaired) electrons. The van der Waals surface area contributed by atoms with Gasteiger partial charge in [0.25, 0.3) is 11.4 Å². The van der Waals surface area contributed by atoms with E-state index in [4.69, 9.17) is 0 Å². The molecule has 136 valence electrons. The van der Waals surface area contributed by atoms with Gasteiger partial charge in [-0.05, 0) is 19.4 Å². The summed E-state index contributed by atoms with van der Waals surface area (Å²) in [7, 11) is 0. The summed E-state index contributed by atoms with van der Waals surface area (Å²) in [5, 5.41) is 24.9. The molecule has 10 heteroatoms. The fourth-order valence-corrected chi connectivity index (χ4v) is 2.87. The summed E-state index contributed by atoms with van der Waals surface area (Å²) in [6, 6.07) is 3.70. The second kappa shape index (κ2) is 8.38. The minimum atomic E-state index is -0.646. The maximum atomic E-state index is 11.7. The lowest BCUT2D eigenvalue weighted by atomic mass is 10.2. The predicted octanol–water partition coefficient (Wildman–Crippen LogP) is 1.15. The lowest BCUT2D eigenvalue weighted by Gasteiger charge is -2.23. The number of amides is 1. The summed E-state index contributed by atoms with van der Waals surface area (Å²) in [6.07, 6.45) is 0.744. The molecule has 2 rings (SSSR count). The van der Waals surface area contributed by atoms with Crippen molar-refractivity contribution in [1.82, 2.24) is 10.2 Å². The van der Waals surface area contributed by atoms with Crippen molar-refractivity contribution in [3.8, 4) is 0 Å². The Labute approximate surface area is 144 Å². The van der Waals surface area contributed by atoms with Gasteiger partial charge in [-0.3, -0.25) is 29.9 Å². The first-order valence-electron chi connectivity index (χ1n) is 8.09. The highest BCUT2D eigenvalue weighted by atomic mass is 16.6. The number of carbonyl (C=O) groups is 1. The average Bonchev–Trinajstić information content (AvgIpc) is 2.80. The number of nitrogens with one attached hydrogen (secondary N) is 1. The van der Waals surface area contributed by atoms with Gasteiger partial charge in [0, 0.05) is 38.8 Å². The molecule has 1 aliphatic heterocycles. The molecule has 1 aromatic carbocycles. The van der Waals surface area contributed by atoms with Crippen LogP contribution in [0.2, 0.25) is 0 Å². The molecule has 1 amide bonds. The Morgan fingerprint density at radius 1 is 1.16 bits per heavy atom. The fourth-order valence-electron chi connectivity index (χ4n) is 2.87. The Hall–Kier alpha value is -2.75. The number of nitro groups is 2. The lowest BCUT2D eigenvalue weighted by Crippen LogP contribution is -2.39. The van der Waals surface area contributed by atoms with Gasteiger partial charge in [0.1, 0.15) is 5.69 Å². The summed E-state index contributed by atoms with van der Waals surface area (Å²) in [6.45, 7) is 5.13. The van der Waals surface area contributed by atoms with Crippen LogP contribution < -0.4 is 10.2 Å². The first-order valence-corrected chi connectivity index (χ1v) is 8.09. The smallest absolute Gasteiger partial charge is 0.299 e. The maximum absolute atomic E-state index is 11.7. The summed E-state index contributed by atoms with van der Waals surface area (Å²) in [5.74, 6) is -0.0442. The number of non-ortho nitro benzene ring substituents is 1. The fraction of sp³-hybridized carbons (Fsp3) is 0.533. The van der Waals surface area contributed by atoms with Gasteiger partial charge in [-0.2, -0.15) is 0 Å². The molecule has 25 heavy (non-hydrogen) atoms. The first kappa shape index (κ1) is 18.6. The molecule has 10 nitrogen and oxygen atoms in total. The highest BCUT2D eigenvalue weighted by Crippen LogP contribution is 2.32. The Morgan fingerprint density at radius 3 is 2.56 bits per heavy atom. The monoisotopic (exact) mass is 351 g/mol. The van der Waals surface area contributed by atoms with Crippen LogP contribution in [0.3, 0.4) is 0 Å². The largest absolute Gasteiger partial charge is 0.365 e. The molecule has 1 aliphatic rings. The van der Waals surface area contributed by atoms with Crippen LogP contribution in [0, 0.1) is 20.2 Å². The minimum absolute atomic E-state index is 0.0442. The normalized spacial score (nSPS) is 15.5. The van der Waals surface area contributed by atoms with E-state index in [-0.39, 0.29) is 17.3 Å². The van der Waals surface area contributed by atoms with Gasteiger partial charge >= 0.3 is 0 Å². The molecule has 0 atom stereocenters. The average molecular weight is 351 g/mol. The molecule has 0 bridgehead atoms. The molecule has 0 spiro atoms. The highest BCUT2D eigenvalue weighted by molar-refractivity contribution is 5.78. The van der Waals surface area contributed by atoms with Crippen LogP contribution in [0.1, 0.15) is 13.3 Å². The van der Waals surface area contributed by atoms with Crippen LogP contribution in [0.15, 0.2) is 18.2 Å². The van der Waals surface area contributed by atoms with E-state index in [2.05, 4.69) is 5.32 Å². The van der Waals surface area contributed by atoms with Crippen molar-refractivity contribution in [3.63, 3.8) is 0 Å². The van der Waals surface area contributed by atoms with E-state index < -0.39 is 9.85 Å². The van der Waals surface area contributed by atoms with Gasteiger partial charge in [0.15, 0.2) is 0 Å². The van der Waals surface area contributed by atoms with E-state index in [1.807, 2.05) is 16.7 Å². The van der Waals surface area contributed by atoms with Crippen molar-refractivity contribution in [2.24, 2.45) is 0 Å². The number of anilines is 1. The van der Waals surface area contributed by atoms with E-state index in [1.165, 1.54) is 12.1 Å². The van der Waals surface area contributed by atoms with Crippen molar-refractivity contribution in [2.45, 2.75) is 13.3 Å². The number of likely N-dealkylation sites (N-methyl/N-ethyl adjacent to an activating group) is 1. The predicted molar refractivity (Wildman–Crippen MR) is 91.7 cm³/mol. The van der Waals surface area contributed by atoms with Crippen LogP contribution in [-0.2, 0) is 4.79 Å². The van der Waals surface area contributed by atoms with E-state index >= 15 is 0 Å². The first-order chi connectivity index (χ1) is 11.9. The number of hydrogen-bond acceptors (Lipinski definition) is 7. The molecule has 0 saturated carbocycles. The molecule has 1 heterocycles. The Balaban J connectivity index is 2.13. The molecule has 1 N–H and O–H groups in total. The van der Waals surface area contributed by atoms with Gasteiger partial charge in [-0.25, -0.2) is 0 Å². The molecule has 1 aromatic rings. The third kappa shape index (κ3) is 4.86. The topological polar surface area (TPSA) is 122 Å². The molecule has 0 aromatic heterocycles. The van der Waals surface area contributed by atoms with Crippen LogP contribution in [0.4, 0.5) is 17.1 Å². The van der Waals surface area contributed by atoms with Crippen LogP contribution in [-0.4, -0.2) is 59.9 Å². The van der Waals surface area contributed by atoms with Crippen molar-refractivity contribution in [3.05, 3.63) is 38.4 Å². The van der Waals surface area contributed by atoms with Crippen molar-refractivity contribution in [1.29, 1.82) is 0 Å². The lowest BCUT2D eigenvalue weighted by molar-refractivity contribution is -0.393. The van der Waals surface area contributed by atoms with Crippen LogP contribution >= 0.6 is 0 Å². The van der Waals surface area contributed by atoms with E-state index in [0.29, 0.717) is 45.0 Å². The van der Waals surface area contributed by atoms with E-state index in [0.717, 1.165) is 12.5 Å². The Bertz CT molecular complexity index is 666. The van der Waals surface area contributed by atoms with E-state index in [1.54, 1.807) is 0 Å². The second-order valence-electron chi connectivity index (χ2n) is 5.76. The molecule has 0 aliphatic carbocycles. The zero-order valence-corrected chi connectivity index (χ0v) is 14.0. The molecule has 0 unspecified atom stereocenters. The van der Waals surface area contributed by atoms with Gasteiger partial charge in [0.05, 0.1) is 22.5 Å². The van der Waals surface area contributed by atoms with E-state index in [9.17, 15) is 25.0 Å². The third-order valence-corrected chi connectivity index (χ3v) is 4.04. The van der Waals surface area contributed by atoms with Crippen LogP contribution in [0.25, 0.3) is 0 Å².